The van der Waals surface area contributed by atoms with Crippen molar-refractivity contribution in [3.8, 4) is 0 Å². The minimum atomic E-state index is 0.479. The van der Waals surface area contributed by atoms with E-state index in [9.17, 15) is 0 Å². The Labute approximate surface area is 100 Å². The van der Waals surface area contributed by atoms with Crippen LogP contribution >= 0.6 is 15.9 Å². The molecule has 0 atom stereocenters. The molecule has 3 heteroatoms. The predicted octanol–water partition coefficient (Wildman–Crippen LogP) is 3.31. The van der Waals surface area contributed by atoms with Crippen molar-refractivity contribution in [2.75, 3.05) is 5.33 Å². The highest BCUT2D eigenvalue weighted by molar-refractivity contribution is 9.09. The van der Waals surface area contributed by atoms with Gasteiger partial charge in [-0.3, -0.25) is 4.68 Å². The van der Waals surface area contributed by atoms with Crippen molar-refractivity contribution in [2.24, 2.45) is 12.5 Å². The maximum Gasteiger partial charge on any atom is 0.0630 e. The third-order valence-corrected chi connectivity index (χ3v) is 4.71. The Kier molecular flexibility index (Phi) is 3.49. The van der Waals surface area contributed by atoms with Crippen LogP contribution in [-0.2, 0) is 13.5 Å². The smallest absolute Gasteiger partial charge is 0.0630 e. The van der Waals surface area contributed by atoms with Gasteiger partial charge >= 0.3 is 0 Å². The molecule has 2 nitrogen and oxygen atoms in total. The van der Waals surface area contributed by atoms with Crippen molar-refractivity contribution >= 4 is 15.9 Å². The molecule has 0 unspecified atom stereocenters. The number of aromatic nitrogens is 2. The van der Waals surface area contributed by atoms with E-state index in [1.165, 1.54) is 37.8 Å². The van der Waals surface area contributed by atoms with Crippen LogP contribution in [0.4, 0.5) is 0 Å². The third-order valence-electron chi connectivity index (χ3n) is 3.52. The molecule has 0 bridgehead atoms. The minimum Gasteiger partial charge on any atom is -0.276 e. The highest BCUT2D eigenvalue weighted by Crippen LogP contribution is 2.40. The monoisotopic (exact) mass is 270 g/mol. The van der Waals surface area contributed by atoms with Crippen LogP contribution < -0.4 is 0 Å². The summed E-state index contributed by atoms with van der Waals surface area (Å²) in [4.78, 5) is 0. The SMILES string of the molecule is Cn1ccc(CC2(CBr)CCCCC2)n1. The van der Waals surface area contributed by atoms with E-state index in [1.54, 1.807) is 0 Å². The molecule has 1 heterocycles. The van der Waals surface area contributed by atoms with Crippen molar-refractivity contribution in [3.63, 3.8) is 0 Å². The summed E-state index contributed by atoms with van der Waals surface area (Å²) in [5.74, 6) is 0. The molecular formula is C12H19BrN2. The normalized spacial score (nSPS) is 20.4. The Balaban J connectivity index is 2.06. The molecule has 1 aromatic heterocycles. The molecular weight excluding hydrogens is 252 g/mol. The van der Waals surface area contributed by atoms with Gasteiger partial charge < -0.3 is 0 Å². The van der Waals surface area contributed by atoms with Gasteiger partial charge in [0.25, 0.3) is 0 Å². The van der Waals surface area contributed by atoms with Gasteiger partial charge in [0.1, 0.15) is 0 Å². The maximum absolute atomic E-state index is 4.49. The lowest BCUT2D eigenvalue weighted by molar-refractivity contribution is 0.221. The number of hydrogen-bond donors (Lipinski definition) is 0. The summed E-state index contributed by atoms with van der Waals surface area (Å²) < 4.78 is 1.90. The van der Waals surface area contributed by atoms with Gasteiger partial charge in [0.05, 0.1) is 5.69 Å². The third kappa shape index (κ3) is 2.63. The quantitative estimate of drug-likeness (QED) is 0.771. The predicted molar refractivity (Wildman–Crippen MR) is 66.2 cm³/mol. The fourth-order valence-corrected chi connectivity index (χ4v) is 3.36. The average molecular weight is 271 g/mol. The van der Waals surface area contributed by atoms with Crippen LogP contribution in [0, 0.1) is 5.41 Å². The van der Waals surface area contributed by atoms with Gasteiger partial charge in [-0.05, 0) is 30.7 Å². The van der Waals surface area contributed by atoms with Gasteiger partial charge in [-0.2, -0.15) is 5.10 Å². The Bertz CT molecular complexity index is 313. The molecule has 1 aliphatic carbocycles. The van der Waals surface area contributed by atoms with Gasteiger partial charge in [0.2, 0.25) is 0 Å². The van der Waals surface area contributed by atoms with E-state index in [0.717, 1.165) is 11.8 Å². The molecule has 0 amide bonds. The summed E-state index contributed by atoms with van der Waals surface area (Å²) in [5, 5.41) is 5.62. The summed E-state index contributed by atoms with van der Waals surface area (Å²) in [7, 11) is 1.99. The molecule has 1 fully saturated rings. The lowest BCUT2D eigenvalue weighted by atomic mass is 9.73. The van der Waals surface area contributed by atoms with E-state index in [-0.39, 0.29) is 0 Å². The number of aryl methyl sites for hydroxylation is 1. The molecule has 0 aliphatic heterocycles. The van der Waals surface area contributed by atoms with Crippen LogP contribution in [-0.4, -0.2) is 15.1 Å². The number of halogens is 1. The van der Waals surface area contributed by atoms with Crippen LogP contribution in [0.25, 0.3) is 0 Å². The fraction of sp³-hybridized carbons (Fsp3) is 0.750. The fourth-order valence-electron chi connectivity index (χ4n) is 2.60. The van der Waals surface area contributed by atoms with Crippen molar-refractivity contribution < 1.29 is 0 Å². The summed E-state index contributed by atoms with van der Waals surface area (Å²) >= 11 is 3.70. The van der Waals surface area contributed by atoms with E-state index in [4.69, 9.17) is 0 Å². The Morgan fingerprint density at radius 3 is 2.67 bits per heavy atom. The zero-order valence-corrected chi connectivity index (χ0v) is 11.0. The van der Waals surface area contributed by atoms with Crippen molar-refractivity contribution in [3.05, 3.63) is 18.0 Å². The lowest BCUT2D eigenvalue weighted by Gasteiger charge is -2.35. The zero-order valence-electron chi connectivity index (χ0n) is 9.38. The Hall–Kier alpha value is -0.310. The first kappa shape index (κ1) is 11.2. The molecule has 0 aromatic carbocycles. The second-order valence-corrected chi connectivity index (χ2v) is 5.41. The van der Waals surface area contributed by atoms with Crippen LogP contribution in [0.5, 0.6) is 0 Å². The van der Waals surface area contributed by atoms with E-state index >= 15 is 0 Å². The summed E-state index contributed by atoms with van der Waals surface area (Å²) in [6.07, 6.45) is 10.1. The summed E-state index contributed by atoms with van der Waals surface area (Å²) in [5.41, 5.74) is 1.73. The molecule has 0 radical (unpaired) electrons. The lowest BCUT2D eigenvalue weighted by Crippen LogP contribution is -2.28. The number of hydrogen-bond acceptors (Lipinski definition) is 1. The van der Waals surface area contributed by atoms with E-state index in [2.05, 4.69) is 27.1 Å². The second kappa shape index (κ2) is 4.69. The highest BCUT2D eigenvalue weighted by atomic mass is 79.9. The van der Waals surface area contributed by atoms with Crippen LogP contribution in [0.2, 0.25) is 0 Å². The zero-order chi connectivity index (χ0) is 10.7. The summed E-state index contributed by atoms with van der Waals surface area (Å²) in [6.45, 7) is 0. The van der Waals surface area contributed by atoms with Gasteiger partial charge in [0, 0.05) is 18.6 Å². The van der Waals surface area contributed by atoms with Crippen LogP contribution in [0.15, 0.2) is 12.3 Å². The number of rotatable bonds is 3. The average Bonchev–Trinajstić information content (AvgIpc) is 2.65. The first-order valence-electron chi connectivity index (χ1n) is 5.79. The molecule has 84 valence electrons. The van der Waals surface area contributed by atoms with Gasteiger partial charge in [-0.15, -0.1) is 0 Å². The molecule has 1 saturated carbocycles. The van der Waals surface area contributed by atoms with Gasteiger partial charge in [0.15, 0.2) is 0 Å². The number of nitrogens with zero attached hydrogens (tertiary/aromatic N) is 2. The van der Waals surface area contributed by atoms with E-state index in [0.29, 0.717) is 5.41 Å². The first-order valence-corrected chi connectivity index (χ1v) is 6.91. The topological polar surface area (TPSA) is 17.8 Å². The Morgan fingerprint density at radius 2 is 2.13 bits per heavy atom. The van der Waals surface area contributed by atoms with Crippen LogP contribution in [0.3, 0.4) is 0 Å². The molecule has 1 aliphatic rings. The summed E-state index contributed by atoms with van der Waals surface area (Å²) in [6, 6.07) is 2.15. The maximum atomic E-state index is 4.49. The molecule has 1 aromatic rings. The van der Waals surface area contributed by atoms with Crippen molar-refractivity contribution in [1.29, 1.82) is 0 Å². The molecule has 0 saturated heterocycles. The van der Waals surface area contributed by atoms with Crippen molar-refractivity contribution in [1.82, 2.24) is 9.78 Å². The molecule has 15 heavy (non-hydrogen) atoms. The van der Waals surface area contributed by atoms with Gasteiger partial charge in [-0.1, -0.05) is 35.2 Å². The van der Waals surface area contributed by atoms with E-state index < -0.39 is 0 Å². The Morgan fingerprint density at radius 1 is 1.40 bits per heavy atom. The second-order valence-electron chi connectivity index (χ2n) is 4.85. The standard InChI is InChI=1S/C12H19BrN2/c1-15-8-5-11(14-15)9-12(10-13)6-3-2-4-7-12/h5,8H,2-4,6-7,9-10H2,1H3. The van der Waals surface area contributed by atoms with Crippen molar-refractivity contribution in [2.45, 2.75) is 38.5 Å². The minimum absolute atomic E-state index is 0.479. The first-order chi connectivity index (χ1) is 7.24. The van der Waals surface area contributed by atoms with Crippen LogP contribution in [0.1, 0.15) is 37.8 Å². The van der Waals surface area contributed by atoms with Gasteiger partial charge in [-0.25, -0.2) is 0 Å². The number of alkyl halides is 1. The largest absolute Gasteiger partial charge is 0.276 e. The van der Waals surface area contributed by atoms with E-state index in [1.807, 2.05) is 17.9 Å². The highest BCUT2D eigenvalue weighted by Gasteiger charge is 2.31. The molecule has 2 rings (SSSR count). The molecule has 0 spiro atoms. The molecule has 0 N–H and O–H groups in total.